The standard InChI is InChI=1S/C6H8O2/c1-2-4-7-6-8-5-3-1/h1-4H,5-6H2. The minimum Gasteiger partial charge on any atom is -0.475 e. The third-order valence-electron chi connectivity index (χ3n) is 0.787. The van der Waals surface area contributed by atoms with Gasteiger partial charge in [0.1, 0.15) is 0 Å². The molecule has 0 atom stereocenters. The van der Waals surface area contributed by atoms with Crippen LogP contribution in [0.4, 0.5) is 0 Å². The van der Waals surface area contributed by atoms with E-state index in [2.05, 4.69) is 0 Å². The topological polar surface area (TPSA) is 18.5 Å². The number of allylic oxidation sites excluding steroid dienone is 2. The largest absolute Gasteiger partial charge is 0.475 e. The first kappa shape index (κ1) is 5.38. The highest BCUT2D eigenvalue weighted by atomic mass is 16.7. The van der Waals surface area contributed by atoms with Crippen molar-refractivity contribution in [2.75, 3.05) is 13.4 Å². The Kier molecular flexibility index (Phi) is 2.20. The van der Waals surface area contributed by atoms with E-state index >= 15 is 0 Å². The van der Waals surface area contributed by atoms with Gasteiger partial charge < -0.3 is 9.47 Å². The number of hydrogen-bond acceptors (Lipinski definition) is 2. The van der Waals surface area contributed by atoms with Crippen LogP contribution in [0, 0.1) is 0 Å². The Balaban J connectivity index is 2.33. The van der Waals surface area contributed by atoms with Crippen molar-refractivity contribution in [1.82, 2.24) is 0 Å². The lowest BCUT2D eigenvalue weighted by Gasteiger charge is -2.00. The first-order valence-electron chi connectivity index (χ1n) is 2.51. The maximum Gasteiger partial charge on any atom is 0.188 e. The fourth-order valence-electron chi connectivity index (χ4n) is 0.439. The van der Waals surface area contributed by atoms with Crippen LogP contribution in [0.2, 0.25) is 0 Å². The van der Waals surface area contributed by atoms with Gasteiger partial charge in [0.05, 0.1) is 12.9 Å². The normalized spacial score (nSPS) is 19.0. The van der Waals surface area contributed by atoms with Crippen molar-refractivity contribution in [3.63, 3.8) is 0 Å². The smallest absolute Gasteiger partial charge is 0.188 e. The average molecular weight is 112 g/mol. The Morgan fingerprint density at radius 2 is 2.25 bits per heavy atom. The lowest BCUT2D eigenvalue weighted by molar-refractivity contribution is 0.000973. The summed E-state index contributed by atoms with van der Waals surface area (Å²) >= 11 is 0. The van der Waals surface area contributed by atoms with E-state index in [1.807, 2.05) is 18.2 Å². The molecule has 0 aliphatic carbocycles. The summed E-state index contributed by atoms with van der Waals surface area (Å²) in [5.74, 6) is 0. The third-order valence-corrected chi connectivity index (χ3v) is 0.787. The van der Waals surface area contributed by atoms with E-state index in [1.54, 1.807) is 6.26 Å². The summed E-state index contributed by atoms with van der Waals surface area (Å²) < 4.78 is 9.73. The molecular formula is C6H8O2. The summed E-state index contributed by atoms with van der Waals surface area (Å²) in [4.78, 5) is 0. The molecule has 2 heteroatoms. The lowest BCUT2D eigenvalue weighted by Crippen LogP contribution is -1.96. The molecule has 1 aliphatic heterocycles. The predicted molar refractivity (Wildman–Crippen MR) is 30.2 cm³/mol. The molecule has 0 aromatic rings. The van der Waals surface area contributed by atoms with E-state index in [1.165, 1.54) is 0 Å². The molecule has 8 heavy (non-hydrogen) atoms. The highest BCUT2D eigenvalue weighted by Crippen LogP contribution is 1.87. The van der Waals surface area contributed by atoms with Crippen LogP contribution in [0.25, 0.3) is 0 Å². The number of rotatable bonds is 0. The summed E-state index contributed by atoms with van der Waals surface area (Å²) in [5, 5.41) is 0. The van der Waals surface area contributed by atoms with Crippen molar-refractivity contribution in [3.05, 3.63) is 24.5 Å². The van der Waals surface area contributed by atoms with Gasteiger partial charge in [-0.15, -0.1) is 0 Å². The van der Waals surface area contributed by atoms with Crippen LogP contribution in [0.1, 0.15) is 0 Å². The molecule has 1 rings (SSSR count). The van der Waals surface area contributed by atoms with Gasteiger partial charge in [-0.1, -0.05) is 12.2 Å². The van der Waals surface area contributed by atoms with Crippen LogP contribution in [-0.4, -0.2) is 13.4 Å². The van der Waals surface area contributed by atoms with Gasteiger partial charge in [0.25, 0.3) is 0 Å². The Morgan fingerprint density at radius 1 is 1.25 bits per heavy atom. The van der Waals surface area contributed by atoms with Crippen LogP contribution >= 0.6 is 0 Å². The summed E-state index contributed by atoms with van der Waals surface area (Å²) in [5.41, 5.74) is 0. The van der Waals surface area contributed by atoms with Gasteiger partial charge in [-0.25, -0.2) is 0 Å². The molecule has 0 bridgehead atoms. The van der Waals surface area contributed by atoms with Crippen LogP contribution in [0.3, 0.4) is 0 Å². The quantitative estimate of drug-likeness (QED) is 0.466. The molecule has 0 saturated carbocycles. The highest BCUT2D eigenvalue weighted by Gasteiger charge is 1.81. The molecule has 44 valence electrons. The summed E-state index contributed by atoms with van der Waals surface area (Å²) in [6.07, 6.45) is 7.26. The Bertz CT molecular complexity index is 91.1. The van der Waals surface area contributed by atoms with Crippen LogP contribution in [0.15, 0.2) is 24.5 Å². The Morgan fingerprint density at radius 3 is 3.25 bits per heavy atom. The van der Waals surface area contributed by atoms with Crippen LogP contribution in [-0.2, 0) is 9.47 Å². The van der Waals surface area contributed by atoms with Gasteiger partial charge in [-0.05, 0) is 6.08 Å². The molecule has 0 N–H and O–H groups in total. The van der Waals surface area contributed by atoms with E-state index in [0.29, 0.717) is 13.4 Å². The van der Waals surface area contributed by atoms with Crippen molar-refractivity contribution >= 4 is 0 Å². The predicted octanol–water partition coefficient (Wildman–Crippen LogP) is 1.06. The third kappa shape index (κ3) is 1.80. The number of hydrogen-bond donors (Lipinski definition) is 0. The van der Waals surface area contributed by atoms with E-state index in [4.69, 9.17) is 9.47 Å². The molecule has 0 fully saturated rings. The molecule has 0 amide bonds. The van der Waals surface area contributed by atoms with Gasteiger partial charge >= 0.3 is 0 Å². The van der Waals surface area contributed by atoms with Crippen molar-refractivity contribution in [1.29, 1.82) is 0 Å². The zero-order valence-corrected chi connectivity index (χ0v) is 4.54. The molecule has 1 heterocycles. The summed E-state index contributed by atoms with van der Waals surface area (Å²) in [7, 11) is 0. The molecular weight excluding hydrogens is 104 g/mol. The monoisotopic (exact) mass is 112 g/mol. The summed E-state index contributed by atoms with van der Waals surface area (Å²) in [6, 6.07) is 0. The van der Waals surface area contributed by atoms with Gasteiger partial charge in [-0.3, -0.25) is 0 Å². The average Bonchev–Trinajstić information content (AvgIpc) is 1.62. The molecule has 2 nitrogen and oxygen atoms in total. The zero-order valence-electron chi connectivity index (χ0n) is 4.54. The Labute approximate surface area is 48.4 Å². The van der Waals surface area contributed by atoms with Crippen molar-refractivity contribution in [3.8, 4) is 0 Å². The van der Waals surface area contributed by atoms with Crippen LogP contribution in [0.5, 0.6) is 0 Å². The minimum atomic E-state index is 0.362. The van der Waals surface area contributed by atoms with E-state index in [-0.39, 0.29) is 0 Å². The maximum absolute atomic E-state index is 4.91. The van der Waals surface area contributed by atoms with Crippen LogP contribution < -0.4 is 0 Å². The second-order valence-electron chi connectivity index (χ2n) is 1.41. The lowest BCUT2D eigenvalue weighted by atomic mass is 10.5. The van der Waals surface area contributed by atoms with E-state index in [9.17, 15) is 0 Å². The van der Waals surface area contributed by atoms with Gasteiger partial charge in [0.2, 0.25) is 0 Å². The van der Waals surface area contributed by atoms with Gasteiger partial charge in [-0.2, -0.15) is 0 Å². The molecule has 0 saturated heterocycles. The van der Waals surface area contributed by atoms with Crippen molar-refractivity contribution in [2.45, 2.75) is 0 Å². The Hall–Kier alpha value is -0.760. The molecule has 0 aromatic heterocycles. The molecule has 0 radical (unpaired) electrons. The zero-order chi connectivity index (χ0) is 5.66. The fraction of sp³-hybridized carbons (Fsp3) is 0.333. The fourth-order valence-corrected chi connectivity index (χ4v) is 0.439. The molecule has 0 spiro atoms. The SMILES string of the molecule is C1=CCOCOC=C1. The molecule has 0 unspecified atom stereocenters. The number of ether oxygens (including phenoxy) is 2. The second kappa shape index (κ2) is 3.27. The van der Waals surface area contributed by atoms with Gasteiger partial charge in [0, 0.05) is 0 Å². The van der Waals surface area contributed by atoms with E-state index in [0.717, 1.165) is 0 Å². The van der Waals surface area contributed by atoms with E-state index < -0.39 is 0 Å². The van der Waals surface area contributed by atoms with Crippen molar-refractivity contribution < 1.29 is 9.47 Å². The highest BCUT2D eigenvalue weighted by molar-refractivity contribution is 5.00. The summed E-state index contributed by atoms with van der Waals surface area (Å²) in [6.45, 7) is 1.01. The van der Waals surface area contributed by atoms with Crippen molar-refractivity contribution in [2.24, 2.45) is 0 Å². The molecule has 1 aliphatic rings. The first-order chi connectivity index (χ1) is 4.00. The maximum atomic E-state index is 4.91. The minimum absolute atomic E-state index is 0.362. The molecule has 0 aromatic carbocycles. The van der Waals surface area contributed by atoms with Gasteiger partial charge in [0.15, 0.2) is 6.79 Å². The second-order valence-corrected chi connectivity index (χ2v) is 1.41. The first-order valence-corrected chi connectivity index (χ1v) is 2.51.